The van der Waals surface area contributed by atoms with E-state index in [4.69, 9.17) is 23.2 Å². The number of pyridine rings is 1. The van der Waals surface area contributed by atoms with Crippen LogP contribution in [0.1, 0.15) is 13.8 Å². The Labute approximate surface area is 81.3 Å². The van der Waals surface area contributed by atoms with Crippen molar-refractivity contribution < 1.29 is 0 Å². The molecule has 1 nitrogen and oxygen atoms in total. The largest absolute Gasteiger partial charge is 0.236 e. The molecule has 0 aliphatic carbocycles. The second-order valence-electron chi connectivity index (χ2n) is 2.30. The second-order valence-corrected chi connectivity index (χ2v) is 3.10. The van der Waals surface area contributed by atoms with Gasteiger partial charge in [0, 0.05) is 5.22 Å². The summed E-state index contributed by atoms with van der Waals surface area (Å²) in [5.41, 5.74) is 0. The van der Waals surface area contributed by atoms with Gasteiger partial charge in [0.25, 0.3) is 0 Å². The van der Waals surface area contributed by atoms with Crippen LogP contribution in [0.15, 0.2) is 6.07 Å². The maximum atomic E-state index is 5.94. The normalized spacial score (nSPS) is 14.0. The van der Waals surface area contributed by atoms with Gasteiger partial charge in [-0.25, -0.2) is 4.98 Å². The highest BCUT2D eigenvalue weighted by Crippen LogP contribution is 2.05. The summed E-state index contributed by atoms with van der Waals surface area (Å²) < 4.78 is 0. The highest BCUT2D eigenvalue weighted by Gasteiger charge is 1.95. The maximum absolute atomic E-state index is 5.94. The molecule has 0 aliphatic rings. The summed E-state index contributed by atoms with van der Waals surface area (Å²) in [5.74, 6) is 0. The minimum absolute atomic E-state index is 0.429. The van der Waals surface area contributed by atoms with E-state index in [1.54, 1.807) is 6.07 Å². The standard InChI is InChI=1S/C9H9Cl2N/c1-3-6-7(10)5-9(11)12-8(6)4-2/h3-5H,1-2H3/b6-3-,8-4+. The van der Waals surface area contributed by atoms with Gasteiger partial charge in [-0.3, -0.25) is 0 Å². The molecule has 0 radical (unpaired) electrons. The van der Waals surface area contributed by atoms with Gasteiger partial charge in [-0.15, -0.1) is 0 Å². The van der Waals surface area contributed by atoms with Crippen molar-refractivity contribution in [3.63, 3.8) is 0 Å². The molecule has 0 spiro atoms. The van der Waals surface area contributed by atoms with Gasteiger partial charge >= 0.3 is 0 Å². The van der Waals surface area contributed by atoms with Crippen LogP contribution in [0.25, 0.3) is 12.2 Å². The van der Waals surface area contributed by atoms with Gasteiger partial charge in [-0.2, -0.15) is 0 Å². The average molecular weight is 202 g/mol. The Morgan fingerprint density at radius 3 is 2.42 bits per heavy atom. The van der Waals surface area contributed by atoms with Gasteiger partial charge in [-0.05, 0) is 19.9 Å². The zero-order valence-electron chi connectivity index (χ0n) is 6.94. The molecule has 0 fully saturated rings. The van der Waals surface area contributed by atoms with E-state index >= 15 is 0 Å². The molecule has 0 N–H and O–H groups in total. The van der Waals surface area contributed by atoms with E-state index in [0.717, 1.165) is 10.6 Å². The molecule has 0 saturated heterocycles. The van der Waals surface area contributed by atoms with Crippen LogP contribution >= 0.6 is 23.2 Å². The number of halogens is 2. The molecule has 0 bridgehead atoms. The van der Waals surface area contributed by atoms with Crippen molar-refractivity contribution in [3.05, 3.63) is 26.8 Å². The third-order valence-electron chi connectivity index (χ3n) is 1.57. The fraction of sp³-hybridized carbons (Fsp3) is 0.222. The molecular weight excluding hydrogens is 193 g/mol. The summed E-state index contributed by atoms with van der Waals surface area (Å²) in [6, 6.07) is 1.64. The molecule has 0 saturated carbocycles. The molecule has 1 aromatic heterocycles. The molecule has 0 unspecified atom stereocenters. The zero-order valence-corrected chi connectivity index (χ0v) is 8.45. The van der Waals surface area contributed by atoms with Gasteiger partial charge in [0.1, 0.15) is 5.15 Å². The van der Waals surface area contributed by atoms with E-state index < -0.39 is 0 Å². The minimum Gasteiger partial charge on any atom is -0.236 e. The van der Waals surface area contributed by atoms with Gasteiger partial charge in [-0.1, -0.05) is 35.4 Å². The number of aromatic nitrogens is 1. The first-order valence-electron chi connectivity index (χ1n) is 3.63. The molecule has 3 heteroatoms. The molecule has 0 amide bonds. The van der Waals surface area contributed by atoms with Crippen molar-refractivity contribution in [2.45, 2.75) is 13.8 Å². The van der Waals surface area contributed by atoms with Gasteiger partial charge < -0.3 is 0 Å². The van der Waals surface area contributed by atoms with Crippen molar-refractivity contribution in [3.8, 4) is 0 Å². The summed E-state index contributed by atoms with van der Waals surface area (Å²) in [4.78, 5) is 4.12. The molecule has 12 heavy (non-hydrogen) atoms. The van der Waals surface area contributed by atoms with Gasteiger partial charge in [0.2, 0.25) is 0 Å². The lowest BCUT2D eigenvalue weighted by molar-refractivity contribution is 1.21. The number of rotatable bonds is 0. The number of nitrogens with zero attached hydrogens (tertiary/aromatic N) is 1. The highest BCUT2D eigenvalue weighted by atomic mass is 35.5. The predicted octanol–water partition coefficient (Wildman–Crippen LogP) is 1.99. The summed E-state index contributed by atoms with van der Waals surface area (Å²) in [7, 11) is 0. The van der Waals surface area contributed by atoms with E-state index in [1.165, 1.54) is 0 Å². The Morgan fingerprint density at radius 2 is 1.92 bits per heavy atom. The van der Waals surface area contributed by atoms with E-state index in [0.29, 0.717) is 10.2 Å². The fourth-order valence-corrected chi connectivity index (χ4v) is 1.58. The zero-order chi connectivity index (χ0) is 9.14. The van der Waals surface area contributed by atoms with Crippen LogP contribution in [0.3, 0.4) is 0 Å². The van der Waals surface area contributed by atoms with E-state index in [1.807, 2.05) is 26.0 Å². The van der Waals surface area contributed by atoms with Crippen molar-refractivity contribution in [2.24, 2.45) is 0 Å². The van der Waals surface area contributed by atoms with Crippen LogP contribution in [-0.4, -0.2) is 4.98 Å². The molecule has 0 atom stereocenters. The Balaban J connectivity index is 3.70. The van der Waals surface area contributed by atoms with Crippen LogP contribution < -0.4 is 10.6 Å². The summed E-state index contributed by atoms with van der Waals surface area (Å²) in [5, 5.41) is 2.84. The van der Waals surface area contributed by atoms with Crippen LogP contribution in [-0.2, 0) is 0 Å². The molecule has 64 valence electrons. The Kier molecular flexibility index (Phi) is 3.12. The van der Waals surface area contributed by atoms with Crippen molar-refractivity contribution in [1.29, 1.82) is 0 Å². The lowest BCUT2D eigenvalue weighted by Gasteiger charge is -1.94. The second kappa shape index (κ2) is 3.92. The van der Waals surface area contributed by atoms with Gasteiger partial charge in [0.15, 0.2) is 0 Å². The lowest BCUT2D eigenvalue weighted by Crippen LogP contribution is -2.28. The molecule has 0 aliphatic heterocycles. The molecular formula is C9H9Cl2N. The van der Waals surface area contributed by atoms with Crippen LogP contribution in [0.5, 0.6) is 0 Å². The highest BCUT2D eigenvalue weighted by molar-refractivity contribution is 6.33. The SMILES string of the molecule is C/C=c1/nc(Cl)cc(Cl)/c1=C/C. The quantitative estimate of drug-likeness (QED) is 0.586. The Bertz CT molecular complexity index is 396. The third-order valence-corrected chi connectivity index (χ3v) is 2.07. The van der Waals surface area contributed by atoms with Crippen LogP contribution in [0.2, 0.25) is 10.2 Å². The lowest BCUT2D eigenvalue weighted by atomic mass is 10.3. The van der Waals surface area contributed by atoms with Crippen LogP contribution in [0, 0.1) is 0 Å². The molecule has 0 aromatic carbocycles. The topological polar surface area (TPSA) is 12.9 Å². The van der Waals surface area contributed by atoms with Crippen LogP contribution in [0.4, 0.5) is 0 Å². The maximum Gasteiger partial charge on any atom is 0.131 e. The van der Waals surface area contributed by atoms with E-state index in [9.17, 15) is 0 Å². The summed E-state index contributed by atoms with van der Waals surface area (Å²) in [6.07, 6.45) is 3.80. The third kappa shape index (κ3) is 1.79. The minimum atomic E-state index is 0.429. The first-order chi connectivity index (χ1) is 5.69. The van der Waals surface area contributed by atoms with Crippen molar-refractivity contribution >= 4 is 35.4 Å². The summed E-state index contributed by atoms with van der Waals surface area (Å²) >= 11 is 11.7. The first-order valence-corrected chi connectivity index (χ1v) is 4.39. The first kappa shape index (κ1) is 9.56. The smallest absolute Gasteiger partial charge is 0.131 e. The fourth-order valence-electron chi connectivity index (χ4n) is 1.02. The van der Waals surface area contributed by atoms with Crippen molar-refractivity contribution in [2.75, 3.05) is 0 Å². The Hall–Kier alpha value is -0.530. The number of hydrogen-bond donors (Lipinski definition) is 0. The van der Waals surface area contributed by atoms with E-state index in [-0.39, 0.29) is 0 Å². The average Bonchev–Trinajstić information content (AvgIpc) is 2.03. The molecule has 1 aromatic rings. The summed E-state index contributed by atoms with van der Waals surface area (Å²) in [6.45, 7) is 3.83. The predicted molar refractivity (Wildman–Crippen MR) is 53.8 cm³/mol. The molecule has 1 rings (SSSR count). The Morgan fingerprint density at radius 1 is 1.25 bits per heavy atom. The monoisotopic (exact) mass is 201 g/mol. The molecule has 1 heterocycles. The number of hydrogen-bond acceptors (Lipinski definition) is 1. The van der Waals surface area contributed by atoms with E-state index in [2.05, 4.69) is 4.98 Å². The van der Waals surface area contributed by atoms with Crippen molar-refractivity contribution in [1.82, 2.24) is 4.98 Å². The van der Waals surface area contributed by atoms with Gasteiger partial charge in [0.05, 0.1) is 10.4 Å².